The molecule has 3 heterocycles. The topological polar surface area (TPSA) is 123 Å². The molecule has 0 radical (unpaired) electrons. The number of aromatic nitrogens is 1. The number of rotatable bonds is 6. The SMILES string of the molecule is Cc1ccc(NN2C(=O)[C@@H]3C[C@@H]4C(=CC[C@@H]5C(=O)N(N(C)c6nc(C(F)(F)F)ccc6Cl)C(=O)[C@@H]54)[C@H](c4cccc(O)c4)[C@]3(c3ccccc3)C2=O)cc1. The number of carbonyl (C=O) groups excluding carboxylic acids is 4. The highest BCUT2D eigenvalue weighted by Crippen LogP contribution is 2.64. The number of phenols is 1. The second kappa shape index (κ2) is 12.7. The molecule has 0 spiro atoms. The molecule has 14 heteroatoms. The predicted molar refractivity (Wildman–Crippen MR) is 191 cm³/mol. The molecule has 0 bridgehead atoms. The molecule has 3 aromatic carbocycles. The third-order valence-electron chi connectivity index (χ3n) is 11.3. The van der Waals surface area contributed by atoms with Gasteiger partial charge in [-0.15, -0.1) is 0 Å². The van der Waals surface area contributed by atoms with Crippen molar-refractivity contribution in [2.45, 2.75) is 37.3 Å². The molecule has 10 nitrogen and oxygen atoms in total. The number of aryl methyl sites for hydroxylation is 1. The molecule has 4 aliphatic rings. The Balaban J connectivity index is 1.26. The van der Waals surface area contributed by atoms with Gasteiger partial charge < -0.3 is 5.11 Å². The van der Waals surface area contributed by atoms with Crippen LogP contribution in [0.5, 0.6) is 5.75 Å². The van der Waals surface area contributed by atoms with Crippen molar-refractivity contribution in [3.63, 3.8) is 0 Å². The lowest BCUT2D eigenvalue weighted by molar-refractivity contribution is -0.142. The number of hydrogen-bond donors (Lipinski definition) is 2. The van der Waals surface area contributed by atoms with Crippen molar-refractivity contribution >= 4 is 46.7 Å². The van der Waals surface area contributed by atoms with Crippen molar-refractivity contribution in [3.05, 3.63) is 130 Å². The summed E-state index contributed by atoms with van der Waals surface area (Å²) in [6, 6.07) is 24.3. The van der Waals surface area contributed by atoms with Crippen LogP contribution in [0.15, 0.2) is 103 Å². The number of nitrogens with zero attached hydrogens (tertiary/aromatic N) is 4. The average molecular weight is 756 g/mol. The summed E-state index contributed by atoms with van der Waals surface area (Å²) in [4.78, 5) is 62.3. The number of amides is 4. The van der Waals surface area contributed by atoms with Gasteiger partial charge in [0.05, 0.1) is 33.9 Å². The molecule has 276 valence electrons. The molecule has 0 unspecified atom stereocenters. The number of hydrogen-bond acceptors (Lipinski definition) is 8. The summed E-state index contributed by atoms with van der Waals surface area (Å²) in [5.41, 5.74) is 3.49. The first-order valence-corrected chi connectivity index (χ1v) is 17.7. The molecular formula is C40H33ClF3N5O5. The molecule has 2 aliphatic carbocycles. The number of phenolic OH excluding ortho intramolecular Hbond substituents is 1. The van der Waals surface area contributed by atoms with Crippen LogP contribution in [-0.2, 0) is 30.8 Å². The summed E-state index contributed by atoms with van der Waals surface area (Å²) < 4.78 is 41.0. The molecule has 2 saturated heterocycles. The predicted octanol–water partition coefficient (Wildman–Crippen LogP) is 6.80. The Morgan fingerprint density at radius 3 is 2.31 bits per heavy atom. The third kappa shape index (κ3) is 5.27. The van der Waals surface area contributed by atoms with E-state index in [9.17, 15) is 32.7 Å². The number of alkyl halides is 3. The van der Waals surface area contributed by atoms with E-state index in [1.54, 1.807) is 60.7 Å². The fourth-order valence-electron chi connectivity index (χ4n) is 9.02. The van der Waals surface area contributed by atoms with E-state index in [0.717, 1.165) is 26.7 Å². The summed E-state index contributed by atoms with van der Waals surface area (Å²) in [6.45, 7) is 1.91. The standard InChI is InChI=1S/C40H33ClF3N5O5/c1-21-11-13-24(14-12-21)46-48-36(52)29-20-28-26(33(22-7-6-10-25(50)19-22)39(29,38(48)54)23-8-4-3-5-9-23)15-16-27-32(28)37(53)49(35(27)51)47(2)34-30(41)17-18-31(45-34)40(42,43)44/h3-15,17-19,27-29,32-33,46,50H,16,20H2,1-2H3/t27-,28+,29-,32-,33-,39+/m0/s1. The number of imide groups is 2. The van der Waals surface area contributed by atoms with Gasteiger partial charge in [-0.25, -0.2) is 4.98 Å². The molecule has 1 aromatic heterocycles. The number of nitrogens with one attached hydrogen (secondary N) is 1. The summed E-state index contributed by atoms with van der Waals surface area (Å²) in [7, 11) is 1.25. The molecule has 54 heavy (non-hydrogen) atoms. The summed E-state index contributed by atoms with van der Waals surface area (Å²) in [5.74, 6) is -7.47. The van der Waals surface area contributed by atoms with Gasteiger partial charge in [0.2, 0.25) is 0 Å². The maximum atomic E-state index is 15.2. The highest BCUT2D eigenvalue weighted by molar-refractivity contribution is 6.33. The van der Waals surface area contributed by atoms with Crippen LogP contribution in [0.3, 0.4) is 0 Å². The van der Waals surface area contributed by atoms with Crippen molar-refractivity contribution in [1.29, 1.82) is 0 Å². The van der Waals surface area contributed by atoms with Crippen molar-refractivity contribution in [3.8, 4) is 5.75 Å². The van der Waals surface area contributed by atoms with E-state index in [4.69, 9.17) is 11.6 Å². The van der Waals surface area contributed by atoms with Crippen molar-refractivity contribution in [2.75, 3.05) is 17.5 Å². The van der Waals surface area contributed by atoms with Crippen LogP contribution in [0.2, 0.25) is 5.02 Å². The van der Waals surface area contributed by atoms with Crippen LogP contribution < -0.4 is 10.4 Å². The van der Waals surface area contributed by atoms with Crippen LogP contribution in [0, 0.1) is 30.6 Å². The zero-order valence-corrected chi connectivity index (χ0v) is 29.7. The van der Waals surface area contributed by atoms with Crippen LogP contribution in [0.1, 0.15) is 41.1 Å². The van der Waals surface area contributed by atoms with Gasteiger partial charge in [-0.1, -0.05) is 83.4 Å². The minimum atomic E-state index is -4.81. The van der Waals surface area contributed by atoms with E-state index in [0.29, 0.717) is 28.5 Å². The van der Waals surface area contributed by atoms with E-state index < -0.39 is 76.3 Å². The van der Waals surface area contributed by atoms with E-state index in [-0.39, 0.29) is 23.6 Å². The zero-order chi connectivity index (χ0) is 38.3. The quantitative estimate of drug-likeness (QED) is 0.163. The number of carbonyl (C=O) groups is 4. The molecule has 2 N–H and O–H groups in total. The highest BCUT2D eigenvalue weighted by atomic mass is 35.5. The van der Waals surface area contributed by atoms with Gasteiger partial charge in [-0.3, -0.25) is 29.6 Å². The van der Waals surface area contributed by atoms with Crippen LogP contribution in [0.25, 0.3) is 0 Å². The fraction of sp³-hybridized carbons (Fsp3) is 0.275. The molecule has 4 aromatic rings. The summed E-state index contributed by atoms with van der Waals surface area (Å²) in [5, 5.41) is 13.3. The van der Waals surface area contributed by atoms with Gasteiger partial charge in [-0.05, 0) is 73.2 Å². The largest absolute Gasteiger partial charge is 0.508 e. The van der Waals surface area contributed by atoms with Crippen LogP contribution in [0.4, 0.5) is 24.7 Å². The normalized spacial score (nSPS) is 26.3. The van der Waals surface area contributed by atoms with Gasteiger partial charge >= 0.3 is 6.18 Å². The number of anilines is 2. The molecule has 3 fully saturated rings. The summed E-state index contributed by atoms with van der Waals surface area (Å²) >= 11 is 6.29. The Bertz CT molecular complexity index is 2250. The number of aromatic hydroxyl groups is 1. The van der Waals surface area contributed by atoms with Crippen LogP contribution in [-0.4, -0.2) is 50.8 Å². The molecule has 2 aliphatic heterocycles. The van der Waals surface area contributed by atoms with E-state index in [1.165, 1.54) is 13.1 Å². The molecule has 6 atom stereocenters. The second-order valence-electron chi connectivity index (χ2n) is 14.2. The maximum Gasteiger partial charge on any atom is 0.433 e. The Labute approximate surface area is 312 Å². The first-order valence-electron chi connectivity index (χ1n) is 17.3. The van der Waals surface area contributed by atoms with Gasteiger partial charge in [0.1, 0.15) is 11.4 Å². The highest BCUT2D eigenvalue weighted by Gasteiger charge is 2.70. The monoisotopic (exact) mass is 755 g/mol. The molecular weight excluding hydrogens is 723 g/mol. The van der Waals surface area contributed by atoms with E-state index in [2.05, 4.69) is 10.4 Å². The molecule has 8 rings (SSSR count). The minimum absolute atomic E-state index is 0.00694. The first kappa shape index (κ1) is 35.3. The van der Waals surface area contributed by atoms with E-state index in [1.807, 2.05) is 25.1 Å². The minimum Gasteiger partial charge on any atom is -0.508 e. The number of halogens is 4. The molecule has 4 amide bonds. The maximum absolute atomic E-state index is 15.2. The van der Waals surface area contributed by atoms with Gasteiger partial charge in [-0.2, -0.15) is 23.2 Å². The number of allylic oxidation sites excluding steroid dienone is 2. The van der Waals surface area contributed by atoms with Crippen molar-refractivity contribution in [1.82, 2.24) is 15.0 Å². The van der Waals surface area contributed by atoms with Gasteiger partial charge in [0.15, 0.2) is 5.82 Å². The Hall–Kier alpha value is -5.69. The number of benzene rings is 3. The number of hydrazine groups is 2. The Morgan fingerprint density at radius 2 is 1.63 bits per heavy atom. The average Bonchev–Trinajstić information content (AvgIpc) is 3.53. The van der Waals surface area contributed by atoms with Crippen molar-refractivity contribution in [2.24, 2.45) is 23.7 Å². The smallest absolute Gasteiger partial charge is 0.433 e. The van der Waals surface area contributed by atoms with Crippen LogP contribution >= 0.6 is 11.6 Å². The van der Waals surface area contributed by atoms with Gasteiger partial charge in [0, 0.05) is 13.0 Å². The van der Waals surface area contributed by atoms with E-state index >= 15 is 4.79 Å². The lowest BCUT2D eigenvalue weighted by atomic mass is 9.49. The first-order chi connectivity index (χ1) is 25.7. The fourth-order valence-corrected chi connectivity index (χ4v) is 9.24. The lowest BCUT2D eigenvalue weighted by Gasteiger charge is -2.50. The summed E-state index contributed by atoms with van der Waals surface area (Å²) in [6.07, 6.45) is -2.88. The zero-order valence-electron chi connectivity index (χ0n) is 28.9. The van der Waals surface area contributed by atoms with Crippen molar-refractivity contribution < 1.29 is 37.5 Å². The molecule has 1 saturated carbocycles. The number of pyridine rings is 1. The lowest BCUT2D eigenvalue weighted by Crippen LogP contribution is -2.53. The third-order valence-corrected chi connectivity index (χ3v) is 11.6. The number of fused-ring (bicyclic) bond motifs is 4. The second-order valence-corrected chi connectivity index (χ2v) is 14.6. The van der Waals surface area contributed by atoms with Gasteiger partial charge in [0.25, 0.3) is 23.6 Å². The Kier molecular flexibility index (Phi) is 8.33. The Morgan fingerprint density at radius 1 is 0.907 bits per heavy atom.